The Hall–Kier alpha value is -0.534. The summed E-state index contributed by atoms with van der Waals surface area (Å²) in [4.78, 5) is 12.3. The zero-order valence-corrected chi connectivity index (χ0v) is 12.2. The first kappa shape index (κ1) is 13.5. The molecule has 0 saturated carbocycles. The van der Waals surface area contributed by atoms with Crippen molar-refractivity contribution in [2.45, 2.75) is 6.92 Å². The summed E-state index contributed by atoms with van der Waals surface area (Å²) in [7, 11) is 0. The molecule has 1 aromatic carbocycles. The first-order valence-corrected chi connectivity index (χ1v) is 4.39. The second-order valence-electron chi connectivity index (χ2n) is 3.14. The molecule has 0 saturated heterocycles. The molecule has 1 N–H and O–H groups in total. The van der Waals surface area contributed by atoms with Crippen molar-refractivity contribution < 1.29 is 62.7 Å². The number of aryl methyl sites for hydroxylation is 1. The summed E-state index contributed by atoms with van der Waals surface area (Å²) in [6, 6.07) is 5.12. The molecule has 0 bridgehead atoms. The number of carboxylic acid groups (broad SMARTS) is 1. The second kappa shape index (κ2) is 5.69. The maximum absolute atomic E-state index is 11.0. The fraction of sp³-hybridized carbons (Fsp3) is 0.100. The number of benzene rings is 1. The van der Waals surface area contributed by atoms with E-state index < -0.39 is 5.97 Å². The Morgan fingerprint density at radius 2 is 2.00 bits per heavy atom. The quantitative estimate of drug-likeness (QED) is 0.644. The molecule has 2 aromatic rings. The van der Waals surface area contributed by atoms with Gasteiger partial charge in [-0.1, -0.05) is 11.6 Å². The first-order valence-electron chi connectivity index (χ1n) is 4.39. The van der Waals surface area contributed by atoms with Crippen molar-refractivity contribution in [3.8, 4) is 5.69 Å². The topological polar surface area (TPSA) is 68.0 Å². The summed E-state index contributed by atoms with van der Waals surface area (Å²) in [6.45, 7) is 1.84. The molecule has 0 aliphatic rings. The average Bonchev–Trinajstić information content (AvgIpc) is 2.70. The number of aromatic nitrogens is 3. The number of carboxylic acids is 1. The van der Waals surface area contributed by atoms with E-state index in [0.717, 1.165) is 5.56 Å². The third-order valence-electron chi connectivity index (χ3n) is 2.02. The van der Waals surface area contributed by atoms with E-state index in [9.17, 15) is 4.79 Å². The van der Waals surface area contributed by atoms with E-state index in [-0.39, 0.29) is 58.4 Å². The zero-order chi connectivity index (χ0) is 10.8. The molecule has 0 unspecified atom stereocenters. The number of hydrogen-bond donors (Lipinski definition) is 1. The first-order chi connectivity index (χ1) is 7.18. The van der Waals surface area contributed by atoms with Gasteiger partial charge in [-0.05, 0) is 19.1 Å². The Balaban J connectivity index is 0.00000128. The van der Waals surface area contributed by atoms with Crippen LogP contribution in [0.2, 0.25) is 0 Å². The second-order valence-corrected chi connectivity index (χ2v) is 3.14. The molecule has 1 heterocycles. The van der Waals surface area contributed by atoms with Crippen LogP contribution in [0.4, 0.5) is 0 Å². The number of nitrogens with zero attached hydrogens (tertiary/aromatic N) is 3. The Morgan fingerprint density at radius 1 is 1.38 bits per heavy atom. The Labute approximate surface area is 136 Å². The maximum atomic E-state index is 11.0. The molecule has 0 radical (unpaired) electrons. The molecule has 0 spiro atoms. The van der Waals surface area contributed by atoms with Crippen LogP contribution in [0.15, 0.2) is 30.6 Å². The summed E-state index contributed by atoms with van der Waals surface area (Å²) in [5.41, 5.74) is 1.56. The number of aromatic carboxylic acids is 1. The summed E-state index contributed by atoms with van der Waals surface area (Å²) in [6.07, 6.45) is 3.01. The minimum atomic E-state index is -0.981. The smallest absolute Gasteiger partial charge is 1.00 e. The van der Waals surface area contributed by atoms with Gasteiger partial charge in [-0.25, -0.2) is 4.79 Å². The van der Waals surface area contributed by atoms with Gasteiger partial charge in [-0.15, -0.1) is 0 Å². The number of carbonyl (C=O) groups is 1. The standard InChI is InChI=1S/C10H9N3O2.K.H/c1-7-2-3-9(8(6-7)10(14)15)13-11-4-5-12-13;;/h2-6H,1H3,(H,14,15);;/q;+1;-1. The van der Waals surface area contributed by atoms with Gasteiger partial charge in [0.25, 0.3) is 0 Å². The van der Waals surface area contributed by atoms with Crippen LogP contribution in [-0.2, 0) is 0 Å². The van der Waals surface area contributed by atoms with E-state index in [1.165, 1.54) is 17.2 Å². The van der Waals surface area contributed by atoms with Crippen molar-refractivity contribution in [2.75, 3.05) is 0 Å². The van der Waals surface area contributed by atoms with Gasteiger partial charge in [0.1, 0.15) is 5.69 Å². The largest absolute Gasteiger partial charge is 1.00 e. The van der Waals surface area contributed by atoms with Crippen LogP contribution in [-0.4, -0.2) is 26.1 Å². The fourth-order valence-electron chi connectivity index (χ4n) is 1.34. The fourth-order valence-corrected chi connectivity index (χ4v) is 1.34. The minimum Gasteiger partial charge on any atom is -1.00 e. The van der Waals surface area contributed by atoms with E-state index in [1.54, 1.807) is 12.1 Å². The molecule has 16 heavy (non-hydrogen) atoms. The van der Waals surface area contributed by atoms with E-state index in [1.807, 2.05) is 13.0 Å². The molecule has 0 aliphatic carbocycles. The molecule has 0 aliphatic heterocycles. The Bertz CT molecular complexity index is 502. The summed E-state index contributed by atoms with van der Waals surface area (Å²) in [5.74, 6) is -0.981. The molecule has 6 heteroatoms. The normalized spacial score (nSPS) is 9.56. The number of hydrogen-bond acceptors (Lipinski definition) is 3. The van der Waals surface area contributed by atoms with Crippen molar-refractivity contribution in [1.82, 2.24) is 15.0 Å². The molecular weight excluding hydrogens is 233 g/mol. The van der Waals surface area contributed by atoms with Crippen molar-refractivity contribution in [3.63, 3.8) is 0 Å². The van der Waals surface area contributed by atoms with Crippen molar-refractivity contribution >= 4 is 5.97 Å². The van der Waals surface area contributed by atoms with Crippen LogP contribution in [0, 0.1) is 6.92 Å². The van der Waals surface area contributed by atoms with Gasteiger partial charge in [0.2, 0.25) is 0 Å². The van der Waals surface area contributed by atoms with Gasteiger partial charge in [0, 0.05) is 0 Å². The molecular formula is C10H10KN3O2. The molecule has 0 fully saturated rings. The predicted molar refractivity (Wildman–Crippen MR) is 54.2 cm³/mol. The van der Waals surface area contributed by atoms with Crippen LogP contribution in [0.5, 0.6) is 0 Å². The van der Waals surface area contributed by atoms with Gasteiger partial charge < -0.3 is 6.53 Å². The van der Waals surface area contributed by atoms with E-state index in [0.29, 0.717) is 5.69 Å². The summed E-state index contributed by atoms with van der Waals surface area (Å²) in [5, 5.41) is 16.8. The van der Waals surface area contributed by atoms with E-state index >= 15 is 0 Å². The van der Waals surface area contributed by atoms with Gasteiger partial charge in [-0.2, -0.15) is 15.0 Å². The molecule has 78 valence electrons. The van der Waals surface area contributed by atoms with E-state index in [2.05, 4.69) is 10.2 Å². The Kier molecular flexibility index (Phi) is 4.81. The van der Waals surface area contributed by atoms with Crippen molar-refractivity contribution in [2.24, 2.45) is 0 Å². The van der Waals surface area contributed by atoms with Crippen LogP contribution in [0.1, 0.15) is 17.3 Å². The predicted octanol–water partition coefficient (Wildman–Crippen LogP) is -1.61. The van der Waals surface area contributed by atoms with Crippen molar-refractivity contribution in [1.29, 1.82) is 0 Å². The van der Waals surface area contributed by atoms with E-state index in [4.69, 9.17) is 5.11 Å². The van der Waals surface area contributed by atoms with Gasteiger partial charge >= 0.3 is 57.4 Å². The number of rotatable bonds is 2. The van der Waals surface area contributed by atoms with Crippen molar-refractivity contribution in [3.05, 3.63) is 41.7 Å². The van der Waals surface area contributed by atoms with Crippen LogP contribution >= 0.6 is 0 Å². The Morgan fingerprint density at radius 3 is 2.56 bits per heavy atom. The third-order valence-corrected chi connectivity index (χ3v) is 2.02. The monoisotopic (exact) mass is 243 g/mol. The minimum absolute atomic E-state index is 0. The molecule has 0 amide bonds. The summed E-state index contributed by atoms with van der Waals surface area (Å²) < 4.78 is 0. The van der Waals surface area contributed by atoms with Crippen LogP contribution in [0.3, 0.4) is 0 Å². The maximum Gasteiger partial charge on any atom is 1.00 e. The summed E-state index contributed by atoms with van der Waals surface area (Å²) >= 11 is 0. The zero-order valence-electron chi connectivity index (χ0n) is 10.1. The molecule has 2 rings (SSSR count). The van der Waals surface area contributed by atoms with Crippen LogP contribution in [0.25, 0.3) is 5.69 Å². The molecule has 1 aromatic heterocycles. The van der Waals surface area contributed by atoms with Crippen LogP contribution < -0.4 is 51.4 Å². The van der Waals surface area contributed by atoms with Gasteiger partial charge in [0.05, 0.1) is 18.0 Å². The molecule has 5 nitrogen and oxygen atoms in total. The third kappa shape index (κ3) is 2.77. The average molecular weight is 243 g/mol. The van der Waals surface area contributed by atoms with Gasteiger partial charge in [0.15, 0.2) is 0 Å². The molecule has 0 atom stereocenters. The van der Waals surface area contributed by atoms with Gasteiger partial charge in [-0.3, -0.25) is 0 Å². The SMILES string of the molecule is Cc1ccc(-n2nccn2)c(C(=O)O)c1.[H-].[K+].